The molecule has 0 bridgehead atoms. The minimum absolute atomic E-state index is 0.0492. The summed E-state index contributed by atoms with van der Waals surface area (Å²) in [4.78, 5) is 14.3. The third kappa shape index (κ3) is 3.33. The summed E-state index contributed by atoms with van der Waals surface area (Å²) >= 11 is 0. The van der Waals surface area contributed by atoms with E-state index in [-0.39, 0.29) is 18.1 Å². The van der Waals surface area contributed by atoms with Crippen molar-refractivity contribution in [2.24, 2.45) is 5.73 Å². The van der Waals surface area contributed by atoms with Gasteiger partial charge in [0.05, 0.1) is 4.92 Å². The lowest BCUT2D eigenvalue weighted by atomic mass is 10.2. The monoisotopic (exact) mass is 286 g/mol. The molecule has 7 heteroatoms. The molecule has 2 rings (SSSR count). The van der Waals surface area contributed by atoms with Gasteiger partial charge in [0, 0.05) is 23.4 Å². The number of nitrogen functional groups attached to an aromatic ring is 1. The number of nitro groups is 1. The van der Waals surface area contributed by atoms with E-state index in [1.165, 1.54) is 12.1 Å². The fourth-order valence-corrected chi connectivity index (χ4v) is 1.88. The van der Waals surface area contributed by atoms with Crippen LogP contribution in [0.3, 0.4) is 0 Å². The van der Waals surface area contributed by atoms with Crippen LogP contribution in [-0.4, -0.2) is 15.7 Å². The zero-order valence-electron chi connectivity index (χ0n) is 11.4. The molecule has 0 radical (unpaired) electrons. The molecule has 108 valence electrons. The predicted octanol–water partition coefficient (Wildman–Crippen LogP) is 2.16. The smallest absolute Gasteiger partial charge is 0.272 e. The second kappa shape index (κ2) is 6.00. The first-order chi connectivity index (χ1) is 9.99. The molecule has 0 aliphatic heterocycles. The second-order valence-corrected chi connectivity index (χ2v) is 4.42. The number of aryl methyl sites for hydroxylation is 1. The quantitative estimate of drug-likeness (QED) is 0.378. The summed E-state index contributed by atoms with van der Waals surface area (Å²) in [6.07, 6.45) is 1.55. The average molecular weight is 286 g/mol. The number of amidine groups is 1. The highest BCUT2D eigenvalue weighted by atomic mass is 16.6. The molecule has 0 saturated heterocycles. The van der Waals surface area contributed by atoms with Gasteiger partial charge in [-0.25, -0.2) is 0 Å². The summed E-state index contributed by atoms with van der Waals surface area (Å²) in [7, 11) is 0. The Morgan fingerprint density at radius 2 is 2.24 bits per heavy atom. The fourth-order valence-electron chi connectivity index (χ4n) is 1.88. The molecule has 7 nitrogen and oxygen atoms in total. The summed E-state index contributed by atoms with van der Waals surface area (Å²) in [6.45, 7) is 1.83. The Hall–Kier alpha value is -2.96. The van der Waals surface area contributed by atoms with Gasteiger partial charge in [0.1, 0.15) is 23.9 Å². The van der Waals surface area contributed by atoms with Crippen LogP contribution in [0.1, 0.15) is 16.8 Å². The molecular weight excluding hydrogens is 272 g/mol. The summed E-state index contributed by atoms with van der Waals surface area (Å²) in [5.41, 5.74) is 7.08. The first-order valence-electron chi connectivity index (χ1n) is 6.15. The van der Waals surface area contributed by atoms with E-state index in [0.29, 0.717) is 22.6 Å². The predicted molar refractivity (Wildman–Crippen MR) is 77.4 cm³/mol. The maximum Gasteiger partial charge on any atom is 0.272 e. The van der Waals surface area contributed by atoms with Crippen LogP contribution in [0.2, 0.25) is 0 Å². The van der Waals surface area contributed by atoms with Crippen molar-refractivity contribution in [3.63, 3.8) is 0 Å². The van der Waals surface area contributed by atoms with Crippen molar-refractivity contribution >= 4 is 11.5 Å². The van der Waals surface area contributed by atoms with Crippen LogP contribution in [0, 0.1) is 22.4 Å². The van der Waals surface area contributed by atoms with E-state index >= 15 is 0 Å². The van der Waals surface area contributed by atoms with Gasteiger partial charge in [0.25, 0.3) is 5.69 Å². The van der Waals surface area contributed by atoms with Gasteiger partial charge < -0.3 is 10.5 Å². The zero-order valence-corrected chi connectivity index (χ0v) is 11.4. The lowest BCUT2D eigenvalue weighted by molar-refractivity contribution is -0.385. The first kappa shape index (κ1) is 14.4. The first-order valence-corrected chi connectivity index (χ1v) is 6.15. The number of nitrogens with one attached hydrogen (secondary N) is 1. The standard InChI is InChI=1S/C14H14N4O3/c1-9-7-11(4-5-12(9)18(19)20)21-8-10-3-2-6-17-13(10)14(15)16/h2-7H,8H2,1H3,(H3,15,16). The largest absolute Gasteiger partial charge is 0.489 e. The van der Waals surface area contributed by atoms with E-state index in [2.05, 4.69) is 4.98 Å². The molecule has 0 spiro atoms. The van der Waals surface area contributed by atoms with Gasteiger partial charge in [-0.05, 0) is 25.1 Å². The van der Waals surface area contributed by atoms with E-state index in [1.807, 2.05) is 0 Å². The molecular formula is C14H14N4O3. The molecule has 0 aliphatic carbocycles. The highest BCUT2D eigenvalue weighted by Gasteiger charge is 2.11. The molecule has 0 unspecified atom stereocenters. The Labute approximate surface area is 121 Å². The van der Waals surface area contributed by atoms with E-state index in [1.54, 1.807) is 31.3 Å². The van der Waals surface area contributed by atoms with Gasteiger partial charge in [-0.3, -0.25) is 20.5 Å². The summed E-state index contributed by atoms with van der Waals surface area (Å²) in [6, 6.07) is 8.03. The number of rotatable bonds is 5. The van der Waals surface area contributed by atoms with Gasteiger partial charge in [0.15, 0.2) is 0 Å². The van der Waals surface area contributed by atoms with Crippen LogP contribution in [0.25, 0.3) is 0 Å². The van der Waals surface area contributed by atoms with Crippen molar-refractivity contribution in [3.8, 4) is 5.75 Å². The fraction of sp³-hybridized carbons (Fsp3) is 0.143. The molecule has 1 aromatic carbocycles. The van der Waals surface area contributed by atoms with Crippen LogP contribution in [0.5, 0.6) is 5.75 Å². The van der Waals surface area contributed by atoms with Crippen molar-refractivity contribution in [3.05, 3.63) is 63.5 Å². The second-order valence-electron chi connectivity index (χ2n) is 4.42. The summed E-state index contributed by atoms with van der Waals surface area (Å²) in [5.74, 6) is 0.380. The van der Waals surface area contributed by atoms with Crippen LogP contribution < -0.4 is 10.5 Å². The van der Waals surface area contributed by atoms with Crippen molar-refractivity contribution < 1.29 is 9.66 Å². The van der Waals surface area contributed by atoms with Crippen molar-refractivity contribution in [2.75, 3.05) is 0 Å². The zero-order chi connectivity index (χ0) is 15.4. The topological polar surface area (TPSA) is 115 Å². The van der Waals surface area contributed by atoms with Crippen molar-refractivity contribution in [2.45, 2.75) is 13.5 Å². The van der Waals surface area contributed by atoms with Gasteiger partial charge in [-0.2, -0.15) is 0 Å². The molecule has 2 aromatic rings. The van der Waals surface area contributed by atoms with Crippen LogP contribution in [0.15, 0.2) is 36.5 Å². The molecule has 0 aliphatic rings. The van der Waals surface area contributed by atoms with Gasteiger partial charge in [-0.1, -0.05) is 6.07 Å². The minimum atomic E-state index is -0.436. The number of hydrogen-bond donors (Lipinski definition) is 2. The average Bonchev–Trinajstić information content (AvgIpc) is 2.45. The summed E-state index contributed by atoms with van der Waals surface area (Å²) < 4.78 is 5.58. The number of hydrogen-bond acceptors (Lipinski definition) is 5. The summed E-state index contributed by atoms with van der Waals surface area (Å²) in [5, 5.41) is 18.2. The number of pyridine rings is 1. The van der Waals surface area contributed by atoms with Crippen LogP contribution in [0.4, 0.5) is 5.69 Å². The molecule has 1 aromatic heterocycles. The lowest BCUT2D eigenvalue weighted by Crippen LogP contribution is -2.16. The third-order valence-corrected chi connectivity index (χ3v) is 2.91. The number of nitrogens with zero attached hydrogens (tertiary/aromatic N) is 2. The van der Waals surface area contributed by atoms with Gasteiger partial charge in [0.2, 0.25) is 0 Å². The molecule has 21 heavy (non-hydrogen) atoms. The molecule has 0 fully saturated rings. The molecule has 0 saturated carbocycles. The van der Waals surface area contributed by atoms with Crippen LogP contribution in [-0.2, 0) is 6.61 Å². The normalized spacial score (nSPS) is 10.1. The SMILES string of the molecule is Cc1cc(OCc2cccnc2C(=N)N)ccc1[N+](=O)[O-]. The Morgan fingerprint density at radius 1 is 1.48 bits per heavy atom. The maximum atomic E-state index is 10.8. The minimum Gasteiger partial charge on any atom is -0.489 e. The number of aromatic nitrogens is 1. The van der Waals surface area contributed by atoms with Gasteiger partial charge in [-0.15, -0.1) is 0 Å². The lowest BCUT2D eigenvalue weighted by Gasteiger charge is -2.09. The van der Waals surface area contributed by atoms with Crippen molar-refractivity contribution in [1.82, 2.24) is 4.98 Å². The van der Waals surface area contributed by atoms with Gasteiger partial charge >= 0.3 is 0 Å². The van der Waals surface area contributed by atoms with E-state index in [4.69, 9.17) is 15.9 Å². The van der Waals surface area contributed by atoms with E-state index in [0.717, 1.165) is 0 Å². The highest BCUT2D eigenvalue weighted by Crippen LogP contribution is 2.23. The molecule has 1 heterocycles. The maximum absolute atomic E-state index is 10.8. The Bertz CT molecular complexity index is 700. The number of ether oxygens (including phenoxy) is 1. The Kier molecular flexibility index (Phi) is 4.13. The van der Waals surface area contributed by atoms with E-state index in [9.17, 15) is 10.1 Å². The molecule has 3 N–H and O–H groups in total. The Morgan fingerprint density at radius 3 is 2.86 bits per heavy atom. The van der Waals surface area contributed by atoms with E-state index < -0.39 is 4.92 Å². The van der Waals surface area contributed by atoms with Crippen molar-refractivity contribution in [1.29, 1.82) is 5.41 Å². The highest BCUT2D eigenvalue weighted by molar-refractivity contribution is 5.94. The number of nitro benzene ring substituents is 1. The number of nitrogens with two attached hydrogens (primary N) is 1. The molecule has 0 atom stereocenters. The number of benzene rings is 1. The molecule has 0 amide bonds. The Balaban J connectivity index is 2.16. The van der Waals surface area contributed by atoms with Crippen LogP contribution >= 0.6 is 0 Å². The third-order valence-electron chi connectivity index (χ3n) is 2.91.